The van der Waals surface area contributed by atoms with E-state index in [2.05, 4.69) is 44.1 Å². The lowest BCUT2D eigenvalue weighted by Crippen LogP contribution is -2.40. The van der Waals surface area contributed by atoms with E-state index < -0.39 is 0 Å². The first-order chi connectivity index (χ1) is 17.2. The third kappa shape index (κ3) is 4.46. The number of nitrogens with zero attached hydrogens (tertiary/aromatic N) is 5. The Labute approximate surface area is 203 Å². The van der Waals surface area contributed by atoms with Gasteiger partial charge in [0, 0.05) is 5.69 Å². The molecule has 176 valence electrons. The molecular formula is C28H27FN6. The van der Waals surface area contributed by atoms with Crippen molar-refractivity contribution in [1.29, 1.82) is 0 Å². The van der Waals surface area contributed by atoms with Crippen LogP contribution in [0.25, 0.3) is 29.2 Å². The van der Waals surface area contributed by atoms with E-state index in [1.165, 1.54) is 37.7 Å². The van der Waals surface area contributed by atoms with Gasteiger partial charge in [0.1, 0.15) is 12.1 Å². The van der Waals surface area contributed by atoms with E-state index in [0.29, 0.717) is 6.04 Å². The average Bonchev–Trinajstić information content (AvgIpc) is 2.90. The van der Waals surface area contributed by atoms with E-state index in [1.54, 1.807) is 12.4 Å². The molecule has 7 heteroatoms. The Kier molecular flexibility index (Phi) is 5.82. The molecule has 0 amide bonds. The number of nitrogens with one attached hydrogen (secondary N) is 1. The van der Waals surface area contributed by atoms with Crippen LogP contribution in [0.3, 0.4) is 0 Å². The van der Waals surface area contributed by atoms with Gasteiger partial charge in [0.2, 0.25) is 0 Å². The Morgan fingerprint density at radius 3 is 2.51 bits per heavy atom. The third-order valence-corrected chi connectivity index (χ3v) is 6.74. The molecule has 1 aromatic heterocycles. The molecule has 1 aliphatic heterocycles. The molecule has 1 aromatic carbocycles. The molecule has 6 nitrogen and oxygen atoms in total. The first-order valence-corrected chi connectivity index (χ1v) is 12.3. The standard InChI is InChI=1S/C28H27FN6/c29-19-10-12-22(13-11-19)35-27-9-5-4-8-23(27)34-26-14-24(33-21-16-30-18-31-17-21)25(15-28(26)35)32-20-6-2-1-3-7-20/h8-18,20,33H,1-7H2. The molecule has 1 fully saturated rings. The summed E-state index contributed by atoms with van der Waals surface area (Å²) >= 11 is 0. The molecule has 0 unspecified atom stereocenters. The number of benzene rings is 2. The van der Waals surface area contributed by atoms with Gasteiger partial charge in [-0.1, -0.05) is 31.4 Å². The van der Waals surface area contributed by atoms with Gasteiger partial charge in [-0.25, -0.2) is 19.3 Å². The molecule has 2 heterocycles. The summed E-state index contributed by atoms with van der Waals surface area (Å²) in [5.41, 5.74) is 4.39. The van der Waals surface area contributed by atoms with Crippen LogP contribution < -0.4 is 21.4 Å². The van der Waals surface area contributed by atoms with Gasteiger partial charge < -0.3 is 9.88 Å². The number of fused-ring (bicyclic) bond motifs is 2. The molecule has 0 bridgehead atoms. The number of hydrogen-bond donors (Lipinski definition) is 1. The maximum absolute atomic E-state index is 13.8. The molecule has 35 heavy (non-hydrogen) atoms. The molecule has 0 atom stereocenters. The first kappa shape index (κ1) is 21.6. The smallest absolute Gasteiger partial charge is 0.123 e. The lowest BCUT2D eigenvalue weighted by molar-refractivity contribution is 0.437. The molecule has 4 aliphatic rings. The molecule has 2 aromatic rings. The average molecular weight is 467 g/mol. The fourth-order valence-electron chi connectivity index (χ4n) is 5.05. The molecule has 1 saturated carbocycles. The largest absolute Gasteiger partial charge is 0.351 e. The van der Waals surface area contributed by atoms with Crippen molar-refractivity contribution in [1.82, 2.24) is 19.5 Å². The van der Waals surface area contributed by atoms with Crippen molar-refractivity contribution < 1.29 is 4.39 Å². The highest BCUT2D eigenvalue weighted by atomic mass is 19.1. The van der Waals surface area contributed by atoms with Gasteiger partial charge >= 0.3 is 0 Å². The number of halogens is 1. The fourth-order valence-corrected chi connectivity index (χ4v) is 5.05. The normalized spacial score (nSPS) is 16.4. The Bertz CT molecular complexity index is 1500. The summed E-state index contributed by atoms with van der Waals surface area (Å²) in [5, 5.41) is 6.34. The Morgan fingerprint density at radius 1 is 0.943 bits per heavy atom. The maximum atomic E-state index is 13.8. The van der Waals surface area contributed by atoms with E-state index in [-0.39, 0.29) is 5.82 Å². The van der Waals surface area contributed by atoms with Crippen LogP contribution in [0.5, 0.6) is 0 Å². The van der Waals surface area contributed by atoms with E-state index in [9.17, 15) is 4.39 Å². The van der Waals surface area contributed by atoms with Crippen LogP contribution >= 0.6 is 0 Å². The van der Waals surface area contributed by atoms with Gasteiger partial charge in [-0.2, -0.15) is 0 Å². The first-order valence-electron chi connectivity index (χ1n) is 12.3. The topological polar surface area (TPSA) is 68.0 Å². The summed E-state index contributed by atoms with van der Waals surface area (Å²) in [6.07, 6.45) is 17.2. The summed E-state index contributed by atoms with van der Waals surface area (Å²) in [6.45, 7) is 0. The molecular weight excluding hydrogens is 439 g/mol. The quantitative estimate of drug-likeness (QED) is 0.489. The lowest BCUT2D eigenvalue weighted by Gasteiger charge is -2.21. The van der Waals surface area contributed by atoms with E-state index in [1.807, 2.05) is 12.1 Å². The van der Waals surface area contributed by atoms with Gasteiger partial charge in [-0.15, -0.1) is 0 Å². The highest BCUT2D eigenvalue weighted by molar-refractivity contribution is 5.70. The van der Waals surface area contributed by atoms with Crippen molar-refractivity contribution in [2.75, 3.05) is 5.32 Å². The van der Waals surface area contributed by atoms with Crippen LogP contribution in [0.2, 0.25) is 0 Å². The fraction of sp³-hybridized carbons (Fsp3) is 0.286. The number of anilines is 2. The van der Waals surface area contributed by atoms with Crippen molar-refractivity contribution in [3.8, 4) is 17.1 Å². The second-order valence-corrected chi connectivity index (χ2v) is 9.21. The second-order valence-electron chi connectivity index (χ2n) is 9.21. The van der Waals surface area contributed by atoms with Gasteiger partial charge in [-0.3, -0.25) is 4.99 Å². The monoisotopic (exact) mass is 466 g/mol. The van der Waals surface area contributed by atoms with Crippen molar-refractivity contribution in [3.63, 3.8) is 0 Å². The summed E-state index contributed by atoms with van der Waals surface area (Å²) in [4.78, 5) is 18.5. The minimum absolute atomic E-state index is 0.248. The highest BCUT2D eigenvalue weighted by Gasteiger charge is 2.18. The Balaban J connectivity index is 1.62. The van der Waals surface area contributed by atoms with Crippen LogP contribution in [0.4, 0.5) is 15.8 Å². The molecule has 0 saturated heterocycles. The van der Waals surface area contributed by atoms with Crippen molar-refractivity contribution in [2.45, 2.75) is 51.0 Å². The van der Waals surface area contributed by atoms with Crippen LogP contribution in [0.15, 0.2) is 60.1 Å². The maximum Gasteiger partial charge on any atom is 0.123 e. The van der Waals surface area contributed by atoms with E-state index >= 15 is 0 Å². The van der Waals surface area contributed by atoms with E-state index in [0.717, 1.165) is 70.2 Å². The second kappa shape index (κ2) is 9.41. The van der Waals surface area contributed by atoms with Crippen molar-refractivity contribution in [3.05, 3.63) is 77.0 Å². The molecule has 1 N–H and O–H groups in total. The van der Waals surface area contributed by atoms with Crippen molar-refractivity contribution in [2.24, 2.45) is 4.99 Å². The minimum atomic E-state index is -0.248. The Morgan fingerprint density at radius 2 is 1.71 bits per heavy atom. The molecule has 6 rings (SSSR count). The summed E-state index contributed by atoms with van der Waals surface area (Å²) in [6, 6.07) is 11.1. The van der Waals surface area contributed by atoms with E-state index in [4.69, 9.17) is 9.98 Å². The third-order valence-electron chi connectivity index (χ3n) is 6.74. The molecule has 0 spiro atoms. The van der Waals surface area contributed by atoms with Crippen LogP contribution in [-0.2, 0) is 0 Å². The SMILES string of the molecule is Fc1ccc(-n2c3cc(=NC4CCCCC4)c(Nc4cncnc4)cc-3nc3c2=CCCC=3)cc1. The van der Waals surface area contributed by atoms with Crippen molar-refractivity contribution >= 4 is 23.5 Å². The number of aromatic nitrogens is 4. The summed E-state index contributed by atoms with van der Waals surface area (Å²) in [7, 11) is 0. The summed E-state index contributed by atoms with van der Waals surface area (Å²) in [5.74, 6) is -0.248. The zero-order valence-electron chi connectivity index (χ0n) is 19.5. The summed E-state index contributed by atoms with van der Waals surface area (Å²) < 4.78 is 16.0. The van der Waals surface area contributed by atoms with Crippen LogP contribution in [-0.4, -0.2) is 25.6 Å². The molecule has 3 aliphatic carbocycles. The van der Waals surface area contributed by atoms with Gasteiger partial charge in [0.05, 0.1) is 57.3 Å². The highest BCUT2D eigenvalue weighted by Crippen LogP contribution is 2.25. The Hall–Kier alpha value is -3.87. The lowest BCUT2D eigenvalue weighted by atomic mass is 9.96. The number of rotatable bonds is 4. The predicted octanol–water partition coefficient (Wildman–Crippen LogP) is 4.24. The zero-order chi connectivity index (χ0) is 23.6. The van der Waals surface area contributed by atoms with Crippen LogP contribution in [0, 0.1) is 5.82 Å². The molecule has 0 radical (unpaired) electrons. The predicted molar refractivity (Wildman–Crippen MR) is 135 cm³/mol. The van der Waals surface area contributed by atoms with Crippen LogP contribution in [0.1, 0.15) is 44.9 Å². The van der Waals surface area contributed by atoms with Gasteiger partial charge in [0.25, 0.3) is 0 Å². The number of hydrogen-bond acceptors (Lipinski definition) is 5. The van der Waals surface area contributed by atoms with Gasteiger partial charge in [-0.05, 0) is 62.1 Å². The zero-order valence-corrected chi connectivity index (χ0v) is 19.5. The minimum Gasteiger partial charge on any atom is -0.351 e. The van der Waals surface area contributed by atoms with Gasteiger partial charge in [0.15, 0.2) is 0 Å².